The van der Waals surface area contributed by atoms with Gasteiger partial charge >= 0.3 is 0 Å². The van der Waals surface area contributed by atoms with Crippen molar-refractivity contribution in [1.82, 2.24) is 9.78 Å². The molecule has 0 atom stereocenters. The van der Waals surface area contributed by atoms with Gasteiger partial charge in [-0.2, -0.15) is 5.10 Å². The second-order valence-electron chi connectivity index (χ2n) is 5.59. The van der Waals surface area contributed by atoms with Gasteiger partial charge in [0.25, 0.3) is 0 Å². The fourth-order valence-electron chi connectivity index (χ4n) is 2.95. The molecule has 1 aliphatic carbocycles. The number of aryl methyl sites for hydroxylation is 1. The molecule has 0 saturated heterocycles. The molecule has 106 valence electrons. The van der Waals surface area contributed by atoms with Crippen LogP contribution in [0.4, 0.5) is 0 Å². The fourth-order valence-corrected chi connectivity index (χ4v) is 2.95. The van der Waals surface area contributed by atoms with Crippen molar-refractivity contribution in [1.29, 1.82) is 0 Å². The molecule has 0 aromatic carbocycles. The van der Waals surface area contributed by atoms with Gasteiger partial charge < -0.3 is 4.42 Å². The van der Waals surface area contributed by atoms with E-state index in [0.717, 1.165) is 24.9 Å². The van der Waals surface area contributed by atoms with Gasteiger partial charge in [-0.05, 0) is 31.9 Å². The van der Waals surface area contributed by atoms with Gasteiger partial charge in [-0.3, -0.25) is 9.48 Å². The molecule has 2 heterocycles. The molecule has 1 saturated carbocycles. The molecular formula is C16H20N2O2. The summed E-state index contributed by atoms with van der Waals surface area (Å²) in [6, 6.07) is 4.19. The van der Waals surface area contributed by atoms with E-state index >= 15 is 0 Å². The average molecular weight is 272 g/mol. The van der Waals surface area contributed by atoms with Crippen LogP contribution in [0.1, 0.15) is 60.7 Å². The summed E-state index contributed by atoms with van der Waals surface area (Å²) in [5.74, 6) is 1.51. The van der Waals surface area contributed by atoms with Crippen LogP contribution in [-0.4, -0.2) is 16.1 Å². The highest BCUT2D eigenvalue weighted by molar-refractivity contribution is 5.84. The Morgan fingerprint density at radius 3 is 2.60 bits per heavy atom. The number of rotatable bonds is 3. The highest BCUT2D eigenvalue weighted by Gasteiger charge is 2.19. The number of carbonyl (C=O) groups is 1. The van der Waals surface area contributed by atoms with Crippen LogP contribution < -0.4 is 0 Å². The molecule has 2 aromatic rings. The smallest absolute Gasteiger partial charge is 0.155 e. The number of furan rings is 1. The standard InChI is InChI=1S/C16H20N2O2/c1-12-8-9-15(20-12)16-13(11-19)10-18(17-16)14-6-4-2-3-5-7-14/h8-11,14H,2-7H2,1H3. The molecule has 0 N–H and O–H groups in total. The second kappa shape index (κ2) is 5.65. The Balaban J connectivity index is 1.93. The summed E-state index contributed by atoms with van der Waals surface area (Å²) >= 11 is 0. The lowest BCUT2D eigenvalue weighted by molar-refractivity contribution is 0.112. The van der Waals surface area contributed by atoms with Gasteiger partial charge in [0, 0.05) is 6.20 Å². The Hall–Kier alpha value is -1.84. The number of nitrogens with zero attached hydrogens (tertiary/aromatic N) is 2. The molecule has 2 aromatic heterocycles. The van der Waals surface area contributed by atoms with Crippen molar-refractivity contribution in [2.75, 3.05) is 0 Å². The third kappa shape index (κ3) is 2.55. The third-order valence-electron chi connectivity index (χ3n) is 4.06. The summed E-state index contributed by atoms with van der Waals surface area (Å²) < 4.78 is 7.58. The number of aldehydes is 1. The van der Waals surface area contributed by atoms with Crippen LogP contribution in [0.3, 0.4) is 0 Å². The zero-order chi connectivity index (χ0) is 13.9. The van der Waals surface area contributed by atoms with E-state index in [9.17, 15) is 4.79 Å². The minimum Gasteiger partial charge on any atom is -0.460 e. The molecule has 0 bridgehead atoms. The molecular weight excluding hydrogens is 252 g/mol. The Kier molecular flexibility index (Phi) is 3.72. The lowest BCUT2D eigenvalue weighted by Gasteiger charge is -2.14. The van der Waals surface area contributed by atoms with Gasteiger partial charge in [0.2, 0.25) is 0 Å². The van der Waals surface area contributed by atoms with Crippen molar-refractivity contribution in [3.8, 4) is 11.5 Å². The first-order valence-corrected chi connectivity index (χ1v) is 7.39. The topological polar surface area (TPSA) is 48.0 Å². The molecule has 20 heavy (non-hydrogen) atoms. The van der Waals surface area contributed by atoms with E-state index < -0.39 is 0 Å². The summed E-state index contributed by atoms with van der Waals surface area (Å²) in [4.78, 5) is 11.3. The Morgan fingerprint density at radius 2 is 2.00 bits per heavy atom. The normalized spacial score (nSPS) is 17.1. The highest BCUT2D eigenvalue weighted by atomic mass is 16.3. The molecule has 1 fully saturated rings. The molecule has 0 spiro atoms. The van der Waals surface area contributed by atoms with E-state index in [1.54, 1.807) is 0 Å². The van der Waals surface area contributed by atoms with Crippen molar-refractivity contribution in [2.24, 2.45) is 0 Å². The maximum atomic E-state index is 11.3. The lowest BCUT2D eigenvalue weighted by atomic mass is 10.1. The molecule has 1 aliphatic rings. The fraction of sp³-hybridized carbons (Fsp3) is 0.500. The molecule has 0 unspecified atom stereocenters. The van der Waals surface area contributed by atoms with Crippen molar-refractivity contribution in [2.45, 2.75) is 51.5 Å². The van der Waals surface area contributed by atoms with Crippen molar-refractivity contribution in [3.05, 3.63) is 29.7 Å². The Bertz CT molecular complexity index is 589. The molecule has 3 rings (SSSR count). The summed E-state index contributed by atoms with van der Waals surface area (Å²) in [6.07, 6.45) is 10.1. The molecule has 4 heteroatoms. The van der Waals surface area contributed by atoms with Gasteiger partial charge in [-0.25, -0.2) is 0 Å². The molecule has 0 amide bonds. The van der Waals surface area contributed by atoms with Crippen LogP contribution in [-0.2, 0) is 0 Å². The van der Waals surface area contributed by atoms with Gasteiger partial charge in [-0.1, -0.05) is 25.7 Å². The SMILES string of the molecule is Cc1ccc(-c2nn(C3CCCCCC3)cc2C=O)o1. The van der Waals surface area contributed by atoms with Crippen LogP contribution in [0.25, 0.3) is 11.5 Å². The van der Waals surface area contributed by atoms with E-state index in [1.807, 2.05) is 29.9 Å². The minimum atomic E-state index is 0.418. The number of aromatic nitrogens is 2. The maximum absolute atomic E-state index is 11.3. The van der Waals surface area contributed by atoms with Crippen molar-refractivity contribution in [3.63, 3.8) is 0 Å². The zero-order valence-corrected chi connectivity index (χ0v) is 11.8. The van der Waals surface area contributed by atoms with Crippen molar-refractivity contribution < 1.29 is 9.21 Å². The predicted molar refractivity (Wildman–Crippen MR) is 76.8 cm³/mol. The minimum absolute atomic E-state index is 0.418. The first-order chi connectivity index (χ1) is 9.78. The van der Waals surface area contributed by atoms with E-state index in [1.165, 1.54) is 25.7 Å². The summed E-state index contributed by atoms with van der Waals surface area (Å²) in [5.41, 5.74) is 1.28. The van der Waals surface area contributed by atoms with E-state index in [0.29, 0.717) is 23.1 Å². The molecule has 0 radical (unpaired) electrons. The van der Waals surface area contributed by atoms with Crippen molar-refractivity contribution >= 4 is 6.29 Å². The molecule has 0 aliphatic heterocycles. The van der Waals surface area contributed by atoms with Gasteiger partial charge in [-0.15, -0.1) is 0 Å². The Labute approximate surface area is 118 Å². The van der Waals surface area contributed by atoms with E-state index in [4.69, 9.17) is 4.42 Å². The highest BCUT2D eigenvalue weighted by Crippen LogP contribution is 2.30. The summed E-state index contributed by atoms with van der Waals surface area (Å²) in [6.45, 7) is 1.90. The third-order valence-corrected chi connectivity index (χ3v) is 4.06. The number of carbonyl (C=O) groups excluding carboxylic acids is 1. The maximum Gasteiger partial charge on any atom is 0.155 e. The van der Waals surface area contributed by atoms with Crippen LogP contribution in [0.5, 0.6) is 0 Å². The van der Waals surface area contributed by atoms with Crippen LogP contribution in [0, 0.1) is 6.92 Å². The summed E-state index contributed by atoms with van der Waals surface area (Å²) in [5, 5.41) is 4.62. The second-order valence-corrected chi connectivity index (χ2v) is 5.59. The lowest BCUT2D eigenvalue weighted by Crippen LogP contribution is -2.08. The van der Waals surface area contributed by atoms with Crippen LogP contribution >= 0.6 is 0 Å². The van der Waals surface area contributed by atoms with Crippen LogP contribution in [0.2, 0.25) is 0 Å². The van der Waals surface area contributed by atoms with E-state index in [-0.39, 0.29) is 0 Å². The number of hydrogen-bond donors (Lipinski definition) is 0. The predicted octanol–water partition coefficient (Wildman–Crippen LogP) is 4.16. The van der Waals surface area contributed by atoms with Gasteiger partial charge in [0.1, 0.15) is 11.5 Å². The van der Waals surface area contributed by atoms with Gasteiger partial charge in [0.05, 0.1) is 11.6 Å². The molecule has 4 nitrogen and oxygen atoms in total. The van der Waals surface area contributed by atoms with Crippen LogP contribution in [0.15, 0.2) is 22.7 Å². The van der Waals surface area contributed by atoms with Gasteiger partial charge in [0.15, 0.2) is 12.0 Å². The average Bonchev–Trinajstić information content (AvgIpc) is 2.97. The quantitative estimate of drug-likeness (QED) is 0.622. The first kappa shape index (κ1) is 13.2. The largest absolute Gasteiger partial charge is 0.460 e. The number of hydrogen-bond acceptors (Lipinski definition) is 3. The monoisotopic (exact) mass is 272 g/mol. The first-order valence-electron chi connectivity index (χ1n) is 7.39. The summed E-state index contributed by atoms with van der Waals surface area (Å²) in [7, 11) is 0. The zero-order valence-electron chi connectivity index (χ0n) is 11.8. The Morgan fingerprint density at radius 1 is 1.25 bits per heavy atom. The van der Waals surface area contributed by atoms with E-state index in [2.05, 4.69) is 5.10 Å².